The van der Waals surface area contributed by atoms with E-state index in [1.165, 1.54) is 0 Å². The average Bonchev–Trinajstić information content (AvgIpc) is 2.29. The molecular weight excluding hydrogens is 255 g/mol. The van der Waals surface area contributed by atoms with Crippen LogP contribution in [0.4, 0.5) is 0 Å². The zero-order valence-electron chi connectivity index (χ0n) is 11.8. The summed E-state index contributed by atoms with van der Waals surface area (Å²) in [7, 11) is -2.98. The predicted octanol–water partition coefficient (Wildman–Crippen LogP) is 3.56. The maximum atomic E-state index is 12.2. The Morgan fingerprint density at radius 2 is 1.67 bits per heavy atom. The Morgan fingerprint density at radius 3 is 2.17 bits per heavy atom. The zero-order valence-corrected chi connectivity index (χ0v) is 12.7. The molecule has 0 amide bonds. The molecule has 108 valence electrons. The van der Waals surface area contributed by atoms with Crippen LogP contribution in [-0.4, -0.2) is 32.6 Å². The van der Waals surface area contributed by atoms with Crippen LogP contribution in [0, 0.1) is 0 Å². The van der Waals surface area contributed by atoms with Crippen molar-refractivity contribution in [3.05, 3.63) is 11.6 Å². The molecule has 18 heavy (non-hydrogen) atoms. The van der Waals surface area contributed by atoms with Gasteiger partial charge in [0.25, 0.3) is 0 Å². The monoisotopic (exact) mass is 280 g/mol. The fourth-order valence-electron chi connectivity index (χ4n) is 1.39. The van der Waals surface area contributed by atoms with Crippen LogP contribution >= 0.6 is 7.60 Å². The quantitative estimate of drug-likeness (QED) is 0.190. The lowest BCUT2D eigenvalue weighted by molar-refractivity contribution is -0.290. The van der Waals surface area contributed by atoms with E-state index >= 15 is 0 Å². The molecule has 0 saturated carbocycles. The Hall–Kier alpha value is -0.190. The van der Waals surface area contributed by atoms with Crippen LogP contribution in [0.15, 0.2) is 11.6 Å². The molecule has 0 rings (SSSR count). The average molecular weight is 280 g/mol. The van der Waals surface area contributed by atoms with Crippen LogP contribution < -0.4 is 0 Å². The van der Waals surface area contributed by atoms with E-state index in [4.69, 9.17) is 18.8 Å². The van der Waals surface area contributed by atoms with Crippen molar-refractivity contribution in [2.24, 2.45) is 0 Å². The maximum Gasteiger partial charge on any atom is 0.334 e. The lowest BCUT2D eigenvalue weighted by Crippen LogP contribution is -2.01. The normalized spacial score (nSPS) is 13.0. The van der Waals surface area contributed by atoms with Gasteiger partial charge in [-0.1, -0.05) is 11.6 Å². The molecule has 0 heterocycles. The summed E-state index contributed by atoms with van der Waals surface area (Å²) in [4.78, 5) is 9.64. The zero-order chi connectivity index (χ0) is 13.9. The van der Waals surface area contributed by atoms with Crippen LogP contribution in [0.5, 0.6) is 0 Å². The van der Waals surface area contributed by atoms with Crippen molar-refractivity contribution in [1.82, 2.24) is 0 Å². The molecule has 0 fully saturated rings. The summed E-state index contributed by atoms with van der Waals surface area (Å²) in [5.74, 6) is 0. The SMILES string of the molecule is CCOOCC/C=C(\C)CP(=O)(OCC)OCC. The summed E-state index contributed by atoms with van der Waals surface area (Å²) in [5, 5.41) is 0. The minimum absolute atomic E-state index is 0.323. The molecule has 0 aromatic carbocycles. The summed E-state index contributed by atoms with van der Waals surface area (Å²) < 4.78 is 22.7. The van der Waals surface area contributed by atoms with Crippen molar-refractivity contribution >= 4 is 7.60 Å². The van der Waals surface area contributed by atoms with Gasteiger partial charge >= 0.3 is 7.60 Å². The third-order valence-corrected chi connectivity index (χ3v) is 4.18. The maximum absolute atomic E-state index is 12.2. The molecule has 0 atom stereocenters. The van der Waals surface area contributed by atoms with Crippen LogP contribution in [0.3, 0.4) is 0 Å². The second kappa shape index (κ2) is 10.7. The van der Waals surface area contributed by atoms with Crippen LogP contribution in [0.1, 0.15) is 34.1 Å². The van der Waals surface area contributed by atoms with E-state index in [0.717, 1.165) is 5.57 Å². The third kappa shape index (κ3) is 8.84. The van der Waals surface area contributed by atoms with Gasteiger partial charge in [0.2, 0.25) is 0 Å². The Kier molecular flexibility index (Phi) is 10.6. The van der Waals surface area contributed by atoms with Crippen LogP contribution in [0.25, 0.3) is 0 Å². The Labute approximate surface area is 110 Å². The van der Waals surface area contributed by atoms with Gasteiger partial charge in [0.15, 0.2) is 0 Å². The highest BCUT2D eigenvalue weighted by atomic mass is 31.2. The number of allylic oxidation sites excluding steroid dienone is 1. The largest absolute Gasteiger partial charge is 0.334 e. The topological polar surface area (TPSA) is 54.0 Å². The molecule has 0 aromatic heterocycles. The first kappa shape index (κ1) is 17.8. The summed E-state index contributed by atoms with van der Waals surface area (Å²) in [6.07, 6.45) is 3.00. The second-order valence-corrected chi connectivity index (χ2v) is 5.73. The van der Waals surface area contributed by atoms with E-state index in [0.29, 0.717) is 39.0 Å². The smallest absolute Gasteiger partial charge is 0.309 e. The standard InChI is InChI=1S/C12H25O5P/c1-5-14-15-10-8-9-12(4)11-18(13,16-6-2)17-7-3/h9H,5-8,10-11H2,1-4H3/b12-9+. The molecule has 0 radical (unpaired) electrons. The number of hydrogen-bond acceptors (Lipinski definition) is 5. The van der Waals surface area contributed by atoms with Crippen molar-refractivity contribution in [3.8, 4) is 0 Å². The molecule has 5 nitrogen and oxygen atoms in total. The molecule has 6 heteroatoms. The van der Waals surface area contributed by atoms with E-state index in [-0.39, 0.29) is 0 Å². The van der Waals surface area contributed by atoms with Gasteiger partial charge in [-0.25, -0.2) is 9.78 Å². The molecule has 0 aliphatic heterocycles. The predicted molar refractivity (Wildman–Crippen MR) is 71.7 cm³/mol. The minimum Gasteiger partial charge on any atom is -0.309 e. The molecular formula is C12H25O5P. The van der Waals surface area contributed by atoms with Crippen molar-refractivity contribution in [2.75, 3.05) is 32.6 Å². The fraction of sp³-hybridized carbons (Fsp3) is 0.833. The molecule has 0 aliphatic carbocycles. The van der Waals surface area contributed by atoms with Crippen molar-refractivity contribution in [1.29, 1.82) is 0 Å². The number of rotatable bonds is 11. The summed E-state index contributed by atoms with van der Waals surface area (Å²) in [6, 6.07) is 0. The van der Waals surface area contributed by atoms with Crippen molar-refractivity contribution < 1.29 is 23.4 Å². The van der Waals surface area contributed by atoms with Crippen molar-refractivity contribution in [2.45, 2.75) is 34.1 Å². The molecule has 0 aliphatic rings. The first-order valence-electron chi connectivity index (χ1n) is 6.36. The van der Waals surface area contributed by atoms with Crippen molar-refractivity contribution in [3.63, 3.8) is 0 Å². The highest BCUT2D eigenvalue weighted by Crippen LogP contribution is 2.49. The van der Waals surface area contributed by atoms with Crippen LogP contribution in [-0.2, 0) is 23.4 Å². The molecule has 0 saturated heterocycles. The second-order valence-electron chi connectivity index (χ2n) is 3.67. The van der Waals surface area contributed by atoms with E-state index in [9.17, 15) is 4.57 Å². The molecule has 0 N–H and O–H groups in total. The van der Waals surface area contributed by atoms with E-state index < -0.39 is 7.60 Å². The Bertz CT molecular complexity index is 268. The van der Waals surface area contributed by atoms with E-state index in [2.05, 4.69) is 0 Å². The van der Waals surface area contributed by atoms with Gasteiger partial charge in [-0.2, -0.15) is 0 Å². The lowest BCUT2D eigenvalue weighted by atomic mass is 10.3. The van der Waals surface area contributed by atoms with Gasteiger partial charge in [-0.3, -0.25) is 4.57 Å². The Morgan fingerprint density at radius 1 is 1.06 bits per heavy atom. The van der Waals surface area contributed by atoms with Gasteiger partial charge in [-0.05, 0) is 34.1 Å². The van der Waals surface area contributed by atoms with Gasteiger partial charge in [0, 0.05) is 0 Å². The highest BCUT2D eigenvalue weighted by Gasteiger charge is 2.23. The van der Waals surface area contributed by atoms with Gasteiger partial charge in [0.1, 0.15) is 0 Å². The molecule has 0 bridgehead atoms. The van der Waals surface area contributed by atoms with E-state index in [1.54, 1.807) is 13.8 Å². The lowest BCUT2D eigenvalue weighted by Gasteiger charge is -2.17. The third-order valence-electron chi connectivity index (χ3n) is 1.99. The fourth-order valence-corrected chi connectivity index (χ4v) is 3.17. The molecule has 0 spiro atoms. The molecule has 0 aromatic rings. The Balaban J connectivity index is 4.11. The van der Waals surface area contributed by atoms with Crippen LogP contribution in [0.2, 0.25) is 0 Å². The summed E-state index contributed by atoms with van der Waals surface area (Å²) >= 11 is 0. The summed E-state index contributed by atoms with van der Waals surface area (Å²) in [5.41, 5.74) is 0.973. The van der Waals surface area contributed by atoms with E-state index in [1.807, 2.05) is 19.9 Å². The first-order valence-corrected chi connectivity index (χ1v) is 8.09. The van der Waals surface area contributed by atoms with Gasteiger partial charge < -0.3 is 9.05 Å². The highest BCUT2D eigenvalue weighted by molar-refractivity contribution is 7.54. The summed E-state index contributed by atoms with van der Waals surface area (Å²) in [6.45, 7) is 9.18. The first-order chi connectivity index (χ1) is 8.58. The van der Waals surface area contributed by atoms with Gasteiger partial charge in [0.05, 0.1) is 32.6 Å². The van der Waals surface area contributed by atoms with Gasteiger partial charge in [-0.15, -0.1) is 0 Å². The number of hydrogen-bond donors (Lipinski definition) is 0. The molecule has 0 unspecified atom stereocenters. The minimum atomic E-state index is -2.98.